The number of benzene rings is 1. The van der Waals surface area contributed by atoms with Gasteiger partial charge in [0.2, 0.25) is 0 Å². The minimum atomic E-state index is 1.08. The predicted molar refractivity (Wildman–Crippen MR) is 68.1 cm³/mol. The largest absolute Gasteiger partial charge is 0.275 e. The number of hydrogen-bond donors (Lipinski definition) is 0. The summed E-state index contributed by atoms with van der Waals surface area (Å²) in [6.07, 6.45) is 2.02. The Morgan fingerprint density at radius 3 is 2.27 bits per heavy atom. The van der Waals surface area contributed by atoms with Gasteiger partial charge in [0.25, 0.3) is 0 Å². The molecule has 0 aliphatic carbocycles. The highest BCUT2D eigenvalue weighted by Gasteiger charge is 1.95. The summed E-state index contributed by atoms with van der Waals surface area (Å²) in [4.78, 5) is 0. The van der Waals surface area contributed by atoms with Gasteiger partial charge in [0, 0.05) is 18.6 Å². The first-order valence-electron chi connectivity index (χ1n) is 5.66. The zero-order chi connectivity index (χ0) is 11.8. The molecule has 2 heteroatoms. The summed E-state index contributed by atoms with van der Waals surface area (Å²) in [6.45, 7) is 10.1. The lowest BCUT2D eigenvalue weighted by atomic mass is 10.2. The standard InChI is InChI=1S/C9H10N2.2C2H6/c1-7-3-4-8-6-11(2)10-9(8)5-7;2*1-2/h3-6H,1-2H3;2*1-2H3. The van der Waals surface area contributed by atoms with Crippen molar-refractivity contribution >= 4 is 10.9 Å². The van der Waals surface area contributed by atoms with Crippen molar-refractivity contribution in [3.05, 3.63) is 30.0 Å². The summed E-state index contributed by atoms with van der Waals surface area (Å²) in [5.41, 5.74) is 2.34. The van der Waals surface area contributed by atoms with Crippen LogP contribution < -0.4 is 0 Å². The Balaban J connectivity index is 0.000000442. The second-order valence-electron chi connectivity index (χ2n) is 2.87. The number of hydrogen-bond acceptors (Lipinski definition) is 1. The molecular weight excluding hydrogens is 184 g/mol. The molecule has 0 N–H and O–H groups in total. The van der Waals surface area contributed by atoms with E-state index in [-0.39, 0.29) is 0 Å². The van der Waals surface area contributed by atoms with Crippen LogP contribution in [0, 0.1) is 6.92 Å². The van der Waals surface area contributed by atoms with Crippen LogP contribution in [0.4, 0.5) is 0 Å². The summed E-state index contributed by atoms with van der Waals surface area (Å²) in [5.74, 6) is 0. The summed E-state index contributed by atoms with van der Waals surface area (Å²) < 4.78 is 1.84. The molecule has 15 heavy (non-hydrogen) atoms. The molecular formula is C13H22N2. The van der Waals surface area contributed by atoms with Gasteiger partial charge in [-0.05, 0) is 18.6 Å². The molecule has 84 valence electrons. The molecule has 1 aromatic carbocycles. The molecule has 0 amide bonds. The molecule has 0 aliphatic heterocycles. The van der Waals surface area contributed by atoms with E-state index in [0.29, 0.717) is 0 Å². The Labute approximate surface area is 92.9 Å². The highest BCUT2D eigenvalue weighted by molar-refractivity contribution is 5.78. The van der Waals surface area contributed by atoms with Gasteiger partial charge in [-0.2, -0.15) is 5.10 Å². The van der Waals surface area contributed by atoms with E-state index in [4.69, 9.17) is 0 Å². The third kappa shape index (κ3) is 3.74. The smallest absolute Gasteiger partial charge is 0.0925 e. The Morgan fingerprint density at radius 1 is 1.07 bits per heavy atom. The third-order valence-electron chi connectivity index (χ3n) is 1.78. The third-order valence-corrected chi connectivity index (χ3v) is 1.78. The number of nitrogens with zero attached hydrogens (tertiary/aromatic N) is 2. The summed E-state index contributed by atoms with van der Waals surface area (Å²) in [6, 6.07) is 6.29. The van der Waals surface area contributed by atoms with Crippen molar-refractivity contribution < 1.29 is 0 Å². The van der Waals surface area contributed by atoms with Gasteiger partial charge >= 0.3 is 0 Å². The molecule has 0 saturated heterocycles. The van der Waals surface area contributed by atoms with E-state index in [9.17, 15) is 0 Å². The fourth-order valence-corrected chi connectivity index (χ4v) is 1.25. The molecule has 2 rings (SSSR count). The molecule has 0 atom stereocenters. The first-order chi connectivity index (χ1) is 7.25. The van der Waals surface area contributed by atoms with Crippen molar-refractivity contribution in [3.8, 4) is 0 Å². The zero-order valence-corrected chi connectivity index (χ0v) is 10.7. The summed E-state index contributed by atoms with van der Waals surface area (Å²) >= 11 is 0. The van der Waals surface area contributed by atoms with E-state index in [1.54, 1.807) is 0 Å². The van der Waals surface area contributed by atoms with Gasteiger partial charge in [-0.25, -0.2) is 0 Å². The molecule has 0 bridgehead atoms. The first-order valence-corrected chi connectivity index (χ1v) is 5.66. The minimum Gasteiger partial charge on any atom is -0.275 e. The number of aromatic nitrogens is 2. The van der Waals surface area contributed by atoms with E-state index in [2.05, 4.69) is 30.2 Å². The molecule has 0 saturated carbocycles. The van der Waals surface area contributed by atoms with Crippen LogP contribution in [0.25, 0.3) is 10.9 Å². The number of fused-ring (bicyclic) bond motifs is 1. The van der Waals surface area contributed by atoms with Gasteiger partial charge in [-0.3, -0.25) is 4.68 Å². The van der Waals surface area contributed by atoms with Crippen LogP contribution in [-0.4, -0.2) is 9.78 Å². The van der Waals surface area contributed by atoms with E-state index < -0.39 is 0 Å². The van der Waals surface area contributed by atoms with Crippen LogP contribution in [0.3, 0.4) is 0 Å². The van der Waals surface area contributed by atoms with Crippen LogP contribution in [-0.2, 0) is 7.05 Å². The van der Waals surface area contributed by atoms with Gasteiger partial charge in [0.15, 0.2) is 0 Å². The van der Waals surface area contributed by atoms with Crippen molar-refractivity contribution in [3.63, 3.8) is 0 Å². The monoisotopic (exact) mass is 206 g/mol. The lowest BCUT2D eigenvalue weighted by molar-refractivity contribution is 0.779. The van der Waals surface area contributed by atoms with Crippen molar-refractivity contribution in [2.45, 2.75) is 34.6 Å². The van der Waals surface area contributed by atoms with Crippen LogP contribution in [0.1, 0.15) is 33.3 Å². The molecule has 0 fully saturated rings. The lowest BCUT2D eigenvalue weighted by Crippen LogP contribution is -1.84. The van der Waals surface area contributed by atoms with Crippen LogP contribution in [0.5, 0.6) is 0 Å². The molecule has 2 aromatic rings. The van der Waals surface area contributed by atoms with E-state index in [1.165, 1.54) is 10.9 Å². The van der Waals surface area contributed by atoms with Gasteiger partial charge in [-0.15, -0.1) is 0 Å². The number of rotatable bonds is 0. The van der Waals surface area contributed by atoms with Crippen LogP contribution >= 0.6 is 0 Å². The Morgan fingerprint density at radius 2 is 1.67 bits per heavy atom. The van der Waals surface area contributed by atoms with E-state index >= 15 is 0 Å². The molecule has 0 radical (unpaired) electrons. The Kier molecular flexibility index (Phi) is 6.43. The fourth-order valence-electron chi connectivity index (χ4n) is 1.25. The molecule has 0 spiro atoms. The van der Waals surface area contributed by atoms with E-state index in [1.807, 2.05) is 45.6 Å². The second-order valence-corrected chi connectivity index (χ2v) is 2.87. The average molecular weight is 206 g/mol. The molecule has 2 nitrogen and oxygen atoms in total. The minimum absolute atomic E-state index is 1.08. The van der Waals surface area contributed by atoms with E-state index in [0.717, 1.165) is 5.52 Å². The Hall–Kier alpha value is -1.31. The predicted octanol–water partition coefficient (Wildman–Crippen LogP) is 3.93. The SMILES string of the molecule is CC.CC.Cc1ccc2cn(C)nc2c1. The maximum absolute atomic E-state index is 4.29. The quantitative estimate of drug-likeness (QED) is 0.638. The average Bonchev–Trinajstić information content (AvgIpc) is 2.63. The second kappa shape index (κ2) is 7.04. The first kappa shape index (κ1) is 13.7. The zero-order valence-electron chi connectivity index (χ0n) is 10.7. The molecule has 1 aromatic heterocycles. The maximum Gasteiger partial charge on any atom is 0.0925 e. The van der Waals surface area contributed by atoms with Crippen molar-refractivity contribution in [2.24, 2.45) is 7.05 Å². The van der Waals surface area contributed by atoms with Crippen molar-refractivity contribution in [1.82, 2.24) is 9.78 Å². The van der Waals surface area contributed by atoms with Crippen molar-refractivity contribution in [2.75, 3.05) is 0 Å². The summed E-state index contributed by atoms with van der Waals surface area (Å²) in [7, 11) is 1.94. The fraction of sp³-hybridized carbons (Fsp3) is 0.462. The van der Waals surface area contributed by atoms with Gasteiger partial charge in [0.05, 0.1) is 5.52 Å². The van der Waals surface area contributed by atoms with Gasteiger partial charge in [-0.1, -0.05) is 39.8 Å². The highest BCUT2D eigenvalue weighted by Crippen LogP contribution is 2.12. The van der Waals surface area contributed by atoms with Crippen LogP contribution in [0.15, 0.2) is 24.4 Å². The number of aryl methyl sites for hydroxylation is 2. The lowest BCUT2D eigenvalue weighted by Gasteiger charge is -1.88. The topological polar surface area (TPSA) is 17.8 Å². The Bertz CT molecular complexity index is 388. The molecule has 0 unspecified atom stereocenters. The molecule has 1 heterocycles. The van der Waals surface area contributed by atoms with Gasteiger partial charge < -0.3 is 0 Å². The van der Waals surface area contributed by atoms with Crippen molar-refractivity contribution in [1.29, 1.82) is 0 Å². The summed E-state index contributed by atoms with van der Waals surface area (Å²) in [5, 5.41) is 5.50. The normalized spacial score (nSPS) is 8.67. The maximum atomic E-state index is 4.29. The van der Waals surface area contributed by atoms with Gasteiger partial charge in [0.1, 0.15) is 0 Å². The van der Waals surface area contributed by atoms with Crippen LogP contribution in [0.2, 0.25) is 0 Å². The highest BCUT2D eigenvalue weighted by atomic mass is 15.2. The molecule has 0 aliphatic rings.